The molecule has 0 spiro atoms. The van der Waals surface area contributed by atoms with Crippen molar-refractivity contribution in [3.8, 4) is 5.69 Å². The Bertz CT molecular complexity index is 755. The number of rotatable bonds is 3. The van der Waals surface area contributed by atoms with Crippen LogP contribution in [0.2, 0.25) is 0 Å². The molecule has 2 aromatic rings. The van der Waals surface area contributed by atoms with Crippen LogP contribution < -0.4 is 16.1 Å². The summed E-state index contributed by atoms with van der Waals surface area (Å²) in [5.74, 6) is 0.207. The normalized spacial score (nSPS) is 10.3. The maximum absolute atomic E-state index is 12.3. The minimum absolute atomic E-state index is 0.0739. The Labute approximate surface area is 115 Å². The summed E-state index contributed by atoms with van der Waals surface area (Å²) in [6.45, 7) is 1.91. The number of benzene rings is 1. The molecule has 0 radical (unpaired) electrons. The van der Waals surface area contributed by atoms with Crippen LogP contribution in [0, 0.1) is 6.92 Å². The molecule has 0 aliphatic heterocycles. The minimum atomic E-state index is -0.628. The smallest absolute Gasteiger partial charge is 0.334 e. The average molecular weight is 273 g/mol. The number of aromatic amines is 1. The Hall–Kier alpha value is -2.63. The lowest BCUT2D eigenvalue weighted by molar-refractivity contribution is 0.112. The quantitative estimate of drug-likeness (QED) is 0.836. The second kappa shape index (κ2) is 5.16. The molecule has 6 nitrogen and oxygen atoms in total. The van der Waals surface area contributed by atoms with Crippen molar-refractivity contribution in [2.24, 2.45) is 0 Å². The summed E-state index contributed by atoms with van der Waals surface area (Å²) in [6, 6.07) is 6.91. The molecule has 104 valence electrons. The van der Waals surface area contributed by atoms with Gasteiger partial charge >= 0.3 is 5.69 Å². The van der Waals surface area contributed by atoms with E-state index in [0.717, 1.165) is 10.1 Å². The molecule has 20 heavy (non-hydrogen) atoms. The van der Waals surface area contributed by atoms with Crippen molar-refractivity contribution in [2.45, 2.75) is 6.92 Å². The number of H-pyrrole nitrogens is 1. The summed E-state index contributed by atoms with van der Waals surface area (Å²) >= 11 is 0. The number of hydrogen-bond acceptors (Lipinski definition) is 4. The molecule has 0 saturated carbocycles. The van der Waals surface area contributed by atoms with E-state index in [1.54, 1.807) is 38.4 Å². The van der Waals surface area contributed by atoms with Crippen molar-refractivity contribution in [1.82, 2.24) is 9.55 Å². The van der Waals surface area contributed by atoms with Gasteiger partial charge in [-0.2, -0.15) is 0 Å². The molecule has 0 saturated heterocycles. The molecular formula is C14H15N3O3. The number of hydrogen-bond donors (Lipinski definition) is 1. The molecule has 1 heterocycles. The van der Waals surface area contributed by atoms with Crippen molar-refractivity contribution in [3.05, 3.63) is 56.2 Å². The fourth-order valence-corrected chi connectivity index (χ4v) is 1.93. The fourth-order valence-electron chi connectivity index (χ4n) is 1.93. The number of carbonyl (C=O) groups is 1. The lowest BCUT2D eigenvalue weighted by Gasteiger charge is -2.15. The standard InChI is InChI=1S/C14H15N3O3/c1-9-4-6-10(7-5-9)17-13(19)11(8-18)12(16(2)3)15-14(17)20/h4-8H,1-3H3,(H,15,20). The molecule has 0 atom stereocenters. The van der Waals surface area contributed by atoms with Crippen LogP contribution in [0.3, 0.4) is 0 Å². The van der Waals surface area contributed by atoms with E-state index in [1.807, 2.05) is 6.92 Å². The predicted octanol–water partition coefficient (Wildman–Crippen LogP) is 0.713. The number of aldehydes is 1. The SMILES string of the molecule is Cc1ccc(-n2c(=O)[nH]c(N(C)C)c(C=O)c2=O)cc1. The number of anilines is 1. The van der Waals surface area contributed by atoms with E-state index in [-0.39, 0.29) is 11.4 Å². The van der Waals surface area contributed by atoms with Gasteiger partial charge in [0.1, 0.15) is 11.4 Å². The first-order chi connectivity index (χ1) is 9.45. The Kier molecular flexibility index (Phi) is 3.56. The third-order valence-electron chi connectivity index (χ3n) is 2.97. The topological polar surface area (TPSA) is 75.2 Å². The molecule has 0 aliphatic rings. The maximum atomic E-state index is 12.3. The molecule has 0 aliphatic carbocycles. The van der Waals surface area contributed by atoms with Crippen LogP contribution in [0.15, 0.2) is 33.9 Å². The first-order valence-corrected chi connectivity index (χ1v) is 6.04. The number of aromatic nitrogens is 2. The summed E-state index contributed by atoms with van der Waals surface area (Å²) in [4.78, 5) is 39.6. The maximum Gasteiger partial charge on any atom is 0.334 e. The third-order valence-corrected chi connectivity index (χ3v) is 2.97. The van der Waals surface area contributed by atoms with Crippen molar-refractivity contribution >= 4 is 12.1 Å². The zero-order valence-electron chi connectivity index (χ0n) is 11.5. The Morgan fingerprint density at radius 1 is 1.15 bits per heavy atom. The molecule has 1 aromatic carbocycles. The molecule has 1 N–H and O–H groups in total. The number of nitrogens with one attached hydrogen (secondary N) is 1. The van der Waals surface area contributed by atoms with Crippen LogP contribution in [0.1, 0.15) is 15.9 Å². The molecule has 0 fully saturated rings. The second-order valence-electron chi connectivity index (χ2n) is 4.68. The third kappa shape index (κ3) is 2.27. The molecule has 0 amide bonds. The summed E-state index contributed by atoms with van der Waals surface area (Å²) in [5, 5.41) is 0. The summed E-state index contributed by atoms with van der Waals surface area (Å²) in [7, 11) is 3.29. The summed E-state index contributed by atoms with van der Waals surface area (Å²) in [6.07, 6.45) is 0.457. The highest BCUT2D eigenvalue weighted by molar-refractivity contribution is 5.82. The van der Waals surface area contributed by atoms with Crippen LogP contribution in [0.25, 0.3) is 5.69 Å². The molecule has 6 heteroatoms. The van der Waals surface area contributed by atoms with E-state index < -0.39 is 11.2 Å². The lowest BCUT2D eigenvalue weighted by atomic mass is 10.2. The highest BCUT2D eigenvalue weighted by Gasteiger charge is 2.15. The van der Waals surface area contributed by atoms with Crippen LogP contribution in [0.4, 0.5) is 5.82 Å². The average Bonchev–Trinajstić information content (AvgIpc) is 2.40. The van der Waals surface area contributed by atoms with Gasteiger partial charge in [-0.05, 0) is 19.1 Å². The van der Waals surface area contributed by atoms with E-state index in [1.165, 1.54) is 4.90 Å². The second-order valence-corrected chi connectivity index (χ2v) is 4.68. The molecular weight excluding hydrogens is 258 g/mol. The van der Waals surface area contributed by atoms with E-state index in [0.29, 0.717) is 12.0 Å². The summed E-state index contributed by atoms with van der Waals surface area (Å²) < 4.78 is 0.955. The summed E-state index contributed by atoms with van der Waals surface area (Å²) in [5.41, 5.74) is 0.161. The van der Waals surface area contributed by atoms with Crippen LogP contribution in [-0.2, 0) is 0 Å². The largest absolute Gasteiger partial charge is 0.363 e. The van der Waals surface area contributed by atoms with Gasteiger partial charge in [0.25, 0.3) is 5.56 Å². The number of aryl methyl sites for hydroxylation is 1. The van der Waals surface area contributed by atoms with Gasteiger partial charge in [0.15, 0.2) is 6.29 Å². The zero-order chi connectivity index (χ0) is 14.9. The highest BCUT2D eigenvalue weighted by atomic mass is 16.2. The number of nitrogens with zero attached hydrogens (tertiary/aromatic N) is 2. The van der Waals surface area contributed by atoms with Gasteiger partial charge in [0, 0.05) is 14.1 Å². The van der Waals surface area contributed by atoms with Crippen molar-refractivity contribution in [2.75, 3.05) is 19.0 Å². The van der Waals surface area contributed by atoms with E-state index >= 15 is 0 Å². The van der Waals surface area contributed by atoms with E-state index in [4.69, 9.17) is 0 Å². The van der Waals surface area contributed by atoms with Gasteiger partial charge in [0.2, 0.25) is 0 Å². The van der Waals surface area contributed by atoms with Crippen LogP contribution >= 0.6 is 0 Å². The van der Waals surface area contributed by atoms with Crippen molar-refractivity contribution in [3.63, 3.8) is 0 Å². The first kappa shape index (κ1) is 13.8. The predicted molar refractivity (Wildman–Crippen MR) is 77.1 cm³/mol. The minimum Gasteiger partial charge on any atom is -0.363 e. The van der Waals surface area contributed by atoms with Crippen molar-refractivity contribution in [1.29, 1.82) is 0 Å². The van der Waals surface area contributed by atoms with Gasteiger partial charge in [-0.15, -0.1) is 0 Å². The molecule has 0 bridgehead atoms. The van der Waals surface area contributed by atoms with Gasteiger partial charge in [0.05, 0.1) is 5.69 Å². The van der Waals surface area contributed by atoms with Crippen LogP contribution in [0.5, 0.6) is 0 Å². The van der Waals surface area contributed by atoms with Gasteiger partial charge in [-0.25, -0.2) is 9.36 Å². The Balaban J connectivity index is 2.79. The van der Waals surface area contributed by atoms with Gasteiger partial charge < -0.3 is 4.90 Å². The Morgan fingerprint density at radius 2 is 1.75 bits per heavy atom. The number of carbonyl (C=O) groups excluding carboxylic acids is 1. The van der Waals surface area contributed by atoms with Crippen molar-refractivity contribution < 1.29 is 4.79 Å². The van der Waals surface area contributed by atoms with Gasteiger partial charge in [-0.1, -0.05) is 17.7 Å². The molecule has 0 unspecified atom stereocenters. The van der Waals surface area contributed by atoms with E-state index in [2.05, 4.69) is 4.98 Å². The monoisotopic (exact) mass is 273 g/mol. The lowest BCUT2D eigenvalue weighted by Crippen LogP contribution is -2.38. The van der Waals surface area contributed by atoms with Gasteiger partial charge in [-0.3, -0.25) is 14.6 Å². The molecule has 2 rings (SSSR count). The van der Waals surface area contributed by atoms with Crippen LogP contribution in [-0.4, -0.2) is 29.9 Å². The molecule has 1 aromatic heterocycles. The van der Waals surface area contributed by atoms with E-state index in [9.17, 15) is 14.4 Å². The zero-order valence-corrected chi connectivity index (χ0v) is 11.5. The first-order valence-electron chi connectivity index (χ1n) is 6.04. The fraction of sp³-hybridized carbons (Fsp3) is 0.214. The highest BCUT2D eigenvalue weighted by Crippen LogP contribution is 2.09. The Morgan fingerprint density at radius 3 is 2.25 bits per heavy atom.